The smallest absolute Gasteiger partial charge is 0.227 e. The Kier molecular flexibility index (Phi) is 5.62. The van der Waals surface area contributed by atoms with Crippen LogP contribution >= 0.6 is 0 Å². The van der Waals surface area contributed by atoms with Crippen molar-refractivity contribution in [3.8, 4) is 0 Å². The molecule has 5 nitrogen and oxygen atoms in total. The first-order valence-corrected chi connectivity index (χ1v) is 8.33. The summed E-state index contributed by atoms with van der Waals surface area (Å²) >= 11 is 0. The summed E-state index contributed by atoms with van der Waals surface area (Å²) in [5.74, 6) is 0.257. The monoisotopic (exact) mass is 306 g/mol. The molecule has 0 saturated heterocycles. The topological polar surface area (TPSA) is 41.4 Å². The molecule has 1 aromatic heterocycles. The third-order valence-electron chi connectivity index (χ3n) is 4.86. The Hall–Kier alpha value is -1.36. The van der Waals surface area contributed by atoms with Gasteiger partial charge in [0.2, 0.25) is 5.91 Å². The molecule has 124 valence electrons. The van der Waals surface area contributed by atoms with E-state index >= 15 is 0 Å². The van der Waals surface area contributed by atoms with E-state index in [-0.39, 0.29) is 5.91 Å². The van der Waals surface area contributed by atoms with Crippen LogP contribution in [0.25, 0.3) is 0 Å². The van der Waals surface area contributed by atoms with Gasteiger partial charge in [0.1, 0.15) is 0 Å². The van der Waals surface area contributed by atoms with Gasteiger partial charge in [0, 0.05) is 37.4 Å². The summed E-state index contributed by atoms with van der Waals surface area (Å²) in [7, 11) is 6.07. The highest BCUT2D eigenvalue weighted by Gasteiger charge is 2.27. The van der Waals surface area contributed by atoms with Crippen molar-refractivity contribution in [2.45, 2.75) is 52.0 Å². The van der Waals surface area contributed by atoms with E-state index in [0.29, 0.717) is 12.5 Å². The van der Waals surface area contributed by atoms with E-state index in [4.69, 9.17) is 0 Å². The fraction of sp³-hybridized carbons (Fsp3) is 0.765. The van der Waals surface area contributed by atoms with Crippen LogP contribution in [0.1, 0.15) is 42.6 Å². The van der Waals surface area contributed by atoms with E-state index in [1.54, 1.807) is 0 Å². The number of carbonyl (C=O) groups is 1. The van der Waals surface area contributed by atoms with Crippen molar-refractivity contribution in [2.75, 3.05) is 27.2 Å². The number of likely N-dealkylation sites (N-methyl/N-ethyl adjacent to an activating group) is 1. The summed E-state index contributed by atoms with van der Waals surface area (Å²) in [4.78, 5) is 17.2. The fourth-order valence-electron chi connectivity index (χ4n) is 3.36. The van der Waals surface area contributed by atoms with E-state index in [2.05, 4.69) is 29.0 Å². The zero-order valence-corrected chi connectivity index (χ0v) is 14.7. The molecule has 1 saturated carbocycles. The predicted octanol–water partition coefficient (Wildman–Crippen LogP) is 1.91. The Labute approximate surface area is 134 Å². The van der Waals surface area contributed by atoms with E-state index in [0.717, 1.165) is 42.9 Å². The lowest BCUT2D eigenvalue weighted by Crippen LogP contribution is -2.43. The number of aryl methyl sites for hydroxylation is 2. The molecule has 1 aromatic rings. The molecule has 22 heavy (non-hydrogen) atoms. The summed E-state index contributed by atoms with van der Waals surface area (Å²) in [5, 5.41) is 4.43. The van der Waals surface area contributed by atoms with E-state index in [1.165, 1.54) is 12.8 Å². The summed E-state index contributed by atoms with van der Waals surface area (Å²) in [6.07, 6.45) is 5.30. The molecule has 0 bridgehead atoms. The lowest BCUT2D eigenvalue weighted by atomic mass is 10.1. The summed E-state index contributed by atoms with van der Waals surface area (Å²) in [6.45, 7) is 5.79. The molecule has 0 aromatic carbocycles. The molecular formula is C17H30N4O. The van der Waals surface area contributed by atoms with Gasteiger partial charge in [0.15, 0.2) is 0 Å². The average Bonchev–Trinajstić information content (AvgIpc) is 3.04. The van der Waals surface area contributed by atoms with Gasteiger partial charge in [0.05, 0.1) is 12.1 Å². The minimum absolute atomic E-state index is 0.257. The fourth-order valence-corrected chi connectivity index (χ4v) is 3.36. The summed E-state index contributed by atoms with van der Waals surface area (Å²) < 4.78 is 1.87. The molecule has 1 fully saturated rings. The first-order chi connectivity index (χ1) is 10.4. The second kappa shape index (κ2) is 7.27. The zero-order chi connectivity index (χ0) is 16.3. The zero-order valence-electron chi connectivity index (χ0n) is 14.7. The molecule has 1 heterocycles. The maximum atomic E-state index is 12.9. The molecule has 0 spiro atoms. The van der Waals surface area contributed by atoms with E-state index in [9.17, 15) is 4.79 Å². The highest BCUT2D eigenvalue weighted by Crippen LogP contribution is 2.24. The Morgan fingerprint density at radius 2 is 1.86 bits per heavy atom. The van der Waals surface area contributed by atoms with Crippen LogP contribution in [0.3, 0.4) is 0 Å². The third-order valence-corrected chi connectivity index (χ3v) is 4.86. The number of nitrogens with zero attached hydrogens (tertiary/aromatic N) is 4. The summed E-state index contributed by atoms with van der Waals surface area (Å²) in [6, 6.07) is 0.435. The van der Waals surface area contributed by atoms with Gasteiger partial charge in [-0.1, -0.05) is 12.8 Å². The average molecular weight is 306 g/mol. The molecule has 0 aliphatic heterocycles. The molecular weight excluding hydrogens is 276 g/mol. The van der Waals surface area contributed by atoms with Crippen molar-refractivity contribution >= 4 is 5.91 Å². The molecule has 1 aliphatic rings. The van der Waals surface area contributed by atoms with Crippen LogP contribution in [0, 0.1) is 13.8 Å². The molecule has 1 amide bonds. The Morgan fingerprint density at radius 3 is 2.36 bits per heavy atom. The number of aromatic nitrogens is 2. The van der Waals surface area contributed by atoms with Gasteiger partial charge in [-0.25, -0.2) is 0 Å². The Bertz CT molecular complexity index is 515. The molecule has 1 aliphatic carbocycles. The largest absolute Gasteiger partial charge is 0.338 e. The van der Waals surface area contributed by atoms with Crippen molar-refractivity contribution in [3.63, 3.8) is 0 Å². The standard InChI is InChI=1S/C17H30N4O/c1-13-16(14(2)20(5)18-13)12-17(22)21(11-10-19(3)4)15-8-6-7-9-15/h15H,6-12H2,1-5H3. The van der Waals surface area contributed by atoms with E-state index in [1.807, 2.05) is 25.6 Å². The lowest BCUT2D eigenvalue weighted by molar-refractivity contribution is -0.132. The first kappa shape index (κ1) is 17.0. The van der Waals surface area contributed by atoms with Crippen LogP contribution in [0.5, 0.6) is 0 Å². The van der Waals surface area contributed by atoms with Crippen molar-refractivity contribution in [3.05, 3.63) is 17.0 Å². The molecule has 0 unspecified atom stereocenters. The minimum Gasteiger partial charge on any atom is -0.338 e. The second-order valence-corrected chi connectivity index (χ2v) is 6.78. The SMILES string of the molecule is Cc1nn(C)c(C)c1CC(=O)N(CCN(C)C)C1CCCC1. The van der Waals surface area contributed by atoms with Gasteiger partial charge in [-0.2, -0.15) is 5.10 Å². The van der Waals surface area contributed by atoms with Crippen molar-refractivity contribution in [2.24, 2.45) is 7.05 Å². The normalized spacial score (nSPS) is 15.7. The van der Waals surface area contributed by atoms with E-state index < -0.39 is 0 Å². The van der Waals surface area contributed by atoms with Crippen LogP contribution < -0.4 is 0 Å². The maximum absolute atomic E-state index is 12.9. The lowest BCUT2D eigenvalue weighted by Gasteiger charge is -2.30. The van der Waals surface area contributed by atoms with Gasteiger partial charge >= 0.3 is 0 Å². The maximum Gasteiger partial charge on any atom is 0.227 e. The second-order valence-electron chi connectivity index (χ2n) is 6.78. The number of hydrogen-bond donors (Lipinski definition) is 0. The number of rotatable bonds is 6. The van der Waals surface area contributed by atoms with Crippen molar-refractivity contribution in [1.29, 1.82) is 0 Å². The van der Waals surface area contributed by atoms with Crippen LogP contribution in [0.4, 0.5) is 0 Å². The third kappa shape index (κ3) is 3.88. The number of hydrogen-bond acceptors (Lipinski definition) is 3. The van der Waals surface area contributed by atoms with Crippen molar-refractivity contribution < 1.29 is 4.79 Å². The van der Waals surface area contributed by atoms with Crippen LogP contribution in [-0.2, 0) is 18.3 Å². The van der Waals surface area contributed by atoms with Gasteiger partial charge in [0.25, 0.3) is 0 Å². The molecule has 5 heteroatoms. The predicted molar refractivity (Wildman–Crippen MR) is 88.9 cm³/mol. The van der Waals surface area contributed by atoms with Gasteiger partial charge in [-0.15, -0.1) is 0 Å². The van der Waals surface area contributed by atoms with Crippen LogP contribution in [0.15, 0.2) is 0 Å². The Balaban J connectivity index is 2.10. The van der Waals surface area contributed by atoms with Crippen LogP contribution in [-0.4, -0.2) is 58.7 Å². The number of carbonyl (C=O) groups excluding carboxylic acids is 1. The van der Waals surface area contributed by atoms with Crippen molar-refractivity contribution in [1.82, 2.24) is 19.6 Å². The highest BCUT2D eigenvalue weighted by molar-refractivity contribution is 5.79. The molecule has 0 N–H and O–H groups in total. The highest BCUT2D eigenvalue weighted by atomic mass is 16.2. The summed E-state index contributed by atoms with van der Waals surface area (Å²) in [5.41, 5.74) is 3.18. The minimum atomic E-state index is 0.257. The van der Waals surface area contributed by atoms with Gasteiger partial charge in [-0.3, -0.25) is 9.48 Å². The van der Waals surface area contributed by atoms with Crippen LogP contribution in [0.2, 0.25) is 0 Å². The number of amides is 1. The molecule has 0 atom stereocenters. The molecule has 0 radical (unpaired) electrons. The Morgan fingerprint density at radius 1 is 1.23 bits per heavy atom. The first-order valence-electron chi connectivity index (χ1n) is 8.33. The van der Waals surface area contributed by atoms with Gasteiger partial charge < -0.3 is 9.80 Å². The van der Waals surface area contributed by atoms with Gasteiger partial charge in [-0.05, 0) is 40.8 Å². The quantitative estimate of drug-likeness (QED) is 0.806. The molecule has 2 rings (SSSR count).